The molecule has 0 spiro atoms. The van der Waals surface area contributed by atoms with Gasteiger partial charge in [0.2, 0.25) is 11.9 Å². The molecular weight excluding hydrogens is 190 g/mol. The van der Waals surface area contributed by atoms with Crippen LogP contribution in [0.15, 0.2) is 0 Å². The van der Waals surface area contributed by atoms with Crippen LogP contribution in [0.3, 0.4) is 0 Å². The molecule has 0 saturated heterocycles. The molecular formula is C10H17N5. The van der Waals surface area contributed by atoms with E-state index in [0.717, 1.165) is 12.2 Å². The molecule has 4 N–H and O–H groups in total. The molecule has 1 saturated carbocycles. The number of aromatic nitrogens is 3. The minimum Gasteiger partial charge on any atom is -0.368 e. The highest BCUT2D eigenvalue weighted by Crippen LogP contribution is 2.47. The second kappa shape index (κ2) is 3.32. The molecule has 5 nitrogen and oxygen atoms in total. The second-order valence-electron chi connectivity index (χ2n) is 4.84. The van der Waals surface area contributed by atoms with Gasteiger partial charge in [0.1, 0.15) is 5.82 Å². The predicted molar refractivity (Wildman–Crippen MR) is 59.0 cm³/mol. The highest BCUT2D eigenvalue weighted by molar-refractivity contribution is 5.27. The summed E-state index contributed by atoms with van der Waals surface area (Å²) in [4.78, 5) is 12.2. The fraction of sp³-hybridized carbons (Fsp3) is 0.700. The van der Waals surface area contributed by atoms with Crippen LogP contribution in [0.4, 0.5) is 11.9 Å². The molecule has 1 aliphatic carbocycles. The molecule has 1 fully saturated rings. The van der Waals surface area contributed by atoms with Crippen molar-refractivity contribution in [2.24, 2.45) is 5.41 Å². The van der Waals surface area contributed by atoms with Crippen molar-refractivity contribution in [3.8, 4) is 0 Å². The van der Waals surface area contributed by atoms with Crippen LogP contribution in [0.5, 0.6) is 0 Å². The van der Waals surface area contributed by atoms with Crippen molar-refractivity contribution in [2.75, 3.05) is 11.5 Å². The van der Waals surface area contributed by atoms with Crippen molar-refractivity contribution in [3.63, 3.8) is 0 Å². The Morgan fingerprint density at radius 2 is 1.73 bits per heavy atom. The van der Waals surface area contributed by atoms with Gasteiger partial charge in [0, 0.05) is 5.92 Å². The van der Waals surface area contributed by atoms with E-state index in [9.17, 15) is 0 Å². The third kappa shape index (κ3) is 1.86. The summed E-state index contributed by atoms with van der Waals surface area (Å²) in [6.07, 6.45) is 3.52. The quantitative estimate of drug-likeness (QED) is 0.725. The van der Waals surface area contributed by atoms with Crippen LogP contribution in [0.25, 0.3) is 0 Å². The lowest BCUT2D eigenvalue weighted by Crippen LogP contribution is -2.19. The number of anilines is 2. The van der Waals surface area contributed by atoms with Crippen LogP contribution in [-0.4, -0.2) is 15.0 Å². The molecule has 1 atom stereocenters. The number of hydrogen-bond donors (Lipinski definition) is 2. The summed E-state index contributed by atoms with van der Waals surface area (Å²) in [6.45, 7) is 4.47. The highest BCUT2D eigenvalue weighted by atomic mass is 15.1. The topological polar surface area (TPSA) is 90.7 Å². The van der Waals surface area contributed by atoms with Gasteiger partial charge in [0.25, 0.3) is 0 Å². The van der Waals surface area contributed by atoms with Crippen LogP contribution in [-0.2, 0) is 0 Å². The van der Waals surface area contributed by atoms with E-state index in [4.69, 9.17) is 11.5 Å². The first-order valence-corrected chi connectivity index (χ1v) is 5.26. The minimum absolute atomic E-state index is 0.222. The molecule has 1 aromatic heterocycles. The summed E-state index contributed by atoms with van der Waals surface area (Å²) < 4.78 is 0. The molecule has 0 radical (unpaired) electrons. The fourth-order valence-electron chi connectivity index (χ4n) is 2.39. The van der Waals surface area contributed by atoms with Crippen LogP contribution < -0.4 is 11.5 Å². The van der Waals surface area contributed by atoms with Gasteiger partial charge in [-0.1, -0.05) is 20.3 Å². The normalized spacial score (nSPS) is 24.3. The zero-order valence-corrected chi connectivity index (χ0v) is 9.20. The van der Waals surface area contributed by atoms with Crippen molar-refractivity contribution in [2.45, 2.75) is 39.0 Å². The maximum atomic E-state index is 5.57. The van der Waals surface area contributed by atoms with E-state index in [1.54, 1.807) is 0 Å². The third-order valence-corrected chi connectivity index (χ3v) is 3.26. The molecule has 1 heterocycles. The van der Waals surface area contributed by atoms with Crippen molar-refractivity contribution < 1.29 is 0 Å². The van der Waals surface area contributed by atoms with E-state index < -0.39 is 0 Å². The average Bonchev–Trinajstić information content (AvgIpc) is 2.43. The highest BCUT2D eigenvalue weighted by Gasteiger charge is 2.37. The Bertz CT molecular complexity index is 354. The molecule has 1 aliphatic rings. The molecule has 5 heteroatoms. The van der Waals surface area contributed by atoms with Gasteiger partial charge in [-0.2, -0.15) is 15.0 Å². The Morgan fingerprint density at radius 3 is 2.20 bits per heavy atom. The molecule has 0 aromatic carbocycles. The lowest BCUT2D eigenvalue weighted by molar-refractivity contribution is 0.322. The molecule has 0 bridgehead atoms. The van der Waals surface area contributed by atoms with Crippen LogP contribution in [0, 0.1) is 5.41 Å². The predicted octanol–water partition coefficient (Wildman–Crippen LogP) is 1.33. The van der Waals surface area contributed by atoms with Crippen molar-refractivity contribution in [1.29, 1.82) is 0 Å². The van der Waals surface area contributed by atoms with Gasteiger partial charge in [-0.15, -0.1) is 0 Å². The van der Waals surface area contributed by atoms with E-state index >= 15 is 0 Å². The summed E-state index contributed by atoms with van der Waals surface area (Å²) in [5.74, 6) is 1.55. The average molecular weight is 207 g/mol. The maximum Gasteiger partial charge on any atom is 0.225 e. The largest absolute Gasteiger partial charge is 0.368 e. The van der Waals surface area contributed by atoms with Crippen molar-refractivity contribution in [3.05, 3.63) is 5.82 Å². The molecule has 0 aliphatic heterocycles. The van der Waals surface area contributed by atoms with Crippen molar-refractivity contribution >= 4 is 11.9 Å². The summed E-state index contributed by atoms with van der Waals surface area (Å²) in [5.41, 5.74) is 11.4. The molecule has 0 amide bonds. The van der Waals surface area contributed by atoms with Gasteiger partial charge in [-0.05, 0) is 18.3 Å². The van der Waals surface area contributed by atoms with Gasteiger partial charge < -0.3 is 11.5 Å². The first-order valence-electron chi connectivity index (χ1n) is 5.26. The number of hydrogen-bond acceptors (Lipinski definition) is 5. The van der Waals surface area contributed by atoms with Gasteiger partial charge in [0.05, 0.1) is 0 Å². The van der Waals surface area contributed by atoms with Crippen LogP contribution in [0.2, 0.25) is 0 Å². The zero-order valence-electron chi connectivity index (χ0n) is 9.20. The lowest BCUT2D eigenvalue weighted by Gasteiger charge is -2.25. The molecule has 1 aromatic rings. The van der Waals surface area contributed by atoms with Gasteiger partial charge in [0.15, 0.2) is 0 Å². The Balaban J connectivity index is 2.37. The maximum absolute atomic E-state index is 5.57. The fourth-order valence-corrected chi connectivity index (χ4v) is 2.39. The van der Waals surface area contributed by atoms with Gasteiger partial charge in [-0.3, -0.25) is 0 Å². The standard InChI is InChI=1S/C10H17N5/c1-10(2)5-3-4-6(10)7-13-8(11)15-9(12)14-7/h6H,3-5H2,1-2H3,(H4,11,12,13,14,15). The number of nitrogens with zero attached hydrogens (tertiary/aromatic N) is 3. The van der Waals surface area contributed by atoms with E-state index in [1.165, 1.54) is 12.8 Å². The summed E-state index contributed by atoms with van der Waals surface area (Å²) in [5, 5.41) is 0. The Hall–Kier alpha value is -1.39. The third-order valence-electron chi connectivity index (χ3n) is 3.26. The molecule has 15 heavy (non-hydrogen) atoms. The SMILES string of the molecule is CC1(C)CCCC1c1nc(N)nc(N)n1. The van der Waals surface area contributed by atoms with E-state index in [1.807, 2.05) is 0 Å². The Kier molecular flexibility index (Phi) is 2.25. The Labute approximate surface area is 89.3 Å². The van der Waals surface area contributed by atoms with Crippen LogP contribution >= 0.6 is 0 Å². The summed E-state index contributed by atoms with van der Waals surface area (Å²) in [7, 11) is 0. The summed E-state index contributed by atoms with van der Waals surface area (Å²) >= 11 is 0. The number of nitrogens with two attached hydrogens (primary N) is 2. The summed E-state index contributed by atoms with van der Waals surface area (Å²) in [6, 6.07) is 0. The van der Waals surface area contributed by atoms with Crippen LogP contribution in [0.1, 0.15) is 44.9 Å². The van der Waals surface area contributed by atoms with Gasteiger partial charge in [-0.25, -0.2) is 0 Å². The molecule has 1 unspecified atom stereocenters. The first kappa shape index (κ1) is 10.1. The van der Waals surface area contributed by atoms with E-state index in [2.05, 4.69) is 28.8 Å². The van der Waals surface area contributed by atoms with Crippen molar-refractivity contribution in [1.82, 2.24) is 15.0 Å². The van der Waals surface area contributed by atoms with E-state index in [-0.39, 0.29) is 17.3 Å². The number of rotatable bonds is 1. The van der Waals surface area contributed by atoms with Gasteiger partial charge >= 0.3 is 0 Å². The smallest absolute Gasteiger partial charge is 0.225 e. The molecule has 2 rings (SSSR count). The Morgan fingerprint density at radius 1 is 1.13 bits per heavy atom. The van der Waals surface area contributed by atoms with E-state index in [0.29, 0.717) is 5.92 Å². The zero-order chi connectivity index (χ0) is 11.1. The second-order valence-corrected chi connectivity index (χ2v) is 4.84. The first-order chi connectivity index (χ1) is 6.99. The monoisotopic (exact) mass is 207 g/mol. The number of nitrogen functional groups attached to an aromatic ring is 2. The lowest BCUT2D eigenvalue weighted by atomic mass is 9.81. The molecule has 82 valence electrons. The minimum atomic E-state index is 0.222.